The summed E-state index contributed by atoms with van der Waals surface area (Å²) in [6, 6.07) is 5.38. The van der Waals surface area contributed by atoms with Crippen LogP contribution in [0.1, 0.15) is 26.5 Å². The molecule has 0 saturated carbocycles. The number of hydrogen-bond donors (Lipinski definition) is 1. The molecule has 2 aromatic heterocycles. The summed E-state index contributed by atoms with van der Waals surface area (Å²) in [6.07, 6.45) is 1.18. The molecule has 0 atom stereocenters. The first-order valence-electron chi connectivity index (χ1n) is 8.06. The van der Waals surface area contributed by atoms with Gasteiger partial charge in [-0.05, 0) is 6.07 Å². The Balaban J connectivity index is 1.80. The van der Waals surface area contributed by atoms with E-state index in [1.807, 2.05) is 20.8 Å². The summed E-state index contributed by atoms with van der Waals surface area (Å²) >= 11 is 0. The third-order valence-electron chi connectivity index (χ3n) is 3.87. The zero-order valence-electron chi connectivity index (χ0n) is 14.9. The van der Waals surface area contributed by atoms with Crippen LogP contribution in [-0.2, 0) is 16.8 Å². The lowest BCUT2D eigenvalue weighted by Crippen LogP contribution is -2.27. The minimum Gasteiger partial charge on any atom is -0.338 e. The minimum atomic E-state index is -0.566. The summed E-state index contributed by atoms with van der Waals surface area (Å²) in [6.45, 7) is 5.59. The Morgan fingerprint density at radius 2 is 2.07 bits per heavy atom. The molecule has 0 unspecified atom stereocenters. The summed E-state index contributed by atoms with van der Waals surface area (Å²) in [5.41, 5.74) is 0.0107. The van der Waals surface area contributed by atoms with E-state index in [0.717, 1.165) is 4.57 Å². The Morgan fingerprint density at radius 1 is 1.33 bits per heavy atom. The fourth-order valence-corrected chi connectivity index (χ4v) is 2.39. The number of rotatable bonds is 4. The molecule has 1 N–H and O–H groups in total. The van der Waals surface area contributed by atoms with E-state index >= 15 is 0 Å². The van der Waals surface area contributed by atoms with Gasteiger partial charge in [0, 0.05) is 23.6 Å². The predicted molar refractivity (Wildman–Crippen MR) is 96.5 cm³/mol. The average Bonchev–Trinajstić information content (AvgIpc) is 3.05. The van der Waals surface area contributed by atoms with Crippen molar-refractivity contribution in [3.63, 3.8) is 0 Å². The number of nitrogens with one attached hydrogen (secondary N) is 1. The number of nitrogens with zero attached hydrogens (tertiary/aromatic N) is 4. The second-order valence-electron chi connectivity index (χ2n) is 7.01. The molecule has 10 heteroatoms. The van der Waals surface area contributed by atoms with Crippen LogP contribution in [-0.4, -0.2) is 25.5 Å². The lowest BCUT2D eigenvalue weighted by atomic mass is 9.92. The van der Waals surface area contributed by atoms with Crippen LogP contribution in [0.5, 0.6) is 0 Å². The predicted octanol–water partition coefficient (Wildman–Crippen LogP) is 2.23. The fraction of sp³-hybridized carbons (Fsp3) is 0.294. The van der Waals surface area contributed by atoms with Crippen LogP contribution < -0.4 is 10.9 Å². The molecule has 27 heavy (non-hydrogen) atoms. The van der Waals surface area contributed by atoms with Crippen molar-refractivity contribution in [2.45, 2.75) is 32.7 Å². The van der Waals surface area contributed by atoms with Gasteiger partial charge in [0.15, 0.2) is 0 Å². The van der Waals surface area contributed by atoms with Crippen LogP contribution >= 0.6 is 0 Å². The van der Waals surface area contributed by atoms with Crippen molar-refractivity contribution in [3.05, 3.63) is 56.8 Å². The first-order valence-corrected chi connectivity index (χ1v) is 8.06. The van der Waals surface area contributed by atoms with Crippen molar-refractivity contribution in [1.82, 2.24) is 14.7 Å². The third-order valence-corrected chi connectivity index (χ3v) is 3.87. The lowest BCUT2D eigenvalue weighted by Gasteiger charge is -2.12. The van der Waals surface area contributed by atoms with Crippen LogP contribution in [0.4, 0.5) is 11.6 Å². The van der Waals surface area contributed by atoms with E-state index in [0.29, 0.717) is 5.69 Å². The number of non-ortho nitro benzene ring substituents is 1. The minimum absolute atomic E-state index is 0.162. The maximum absolute atomic E-state index is 12.5. The van der Waals surface area contributed by atoms with Crippen molar-refractivity contribution < 1.29 is 14.2 Å². The Morgan fingerprint density at radius 3 is 2.70 bits per heavy atom. The molecule has 0 aliphatic rings. The SMILES string of the molecule is CC(C)(C)c1cc(NC(=O)Cn2cnc3cc([N+](=O)[O-])ccc3c2=O)on1. The Kier molecular flexibility index (Phi) is 4.48. The maximum atomic E-state index is 12.5. The molecule has 0 spiro atoms. The topological polar surface area (TPSA) is 133 Å². The molecule has 0 aliphatic heterocycles. The molecule has 1 amide bonds. The van der Waals surface area contributed by atoms with Crippen molar-refractivity contribution >= 4 is 28.4 Å². The first-order chi connectivity index (χ1) is 12.6. The van der Waals surface area contributed by atoms with Gasteiger partial charge in [-0.25, -0.2) is 4.98 Å². The van der Waals surface area contributed by atoms with Gasteiger partial charge in [-0.1, -0.05) is 25.9 Å². The molecule has 0 fully saturated rings. The summed E-state index contributed by atoms with van der Waals surface area (Å²) in [5.74, 6) is -0.306. The molecule has 0 aliphatic carbocycles. The van der Waals surface area contributed by atoms with Crippen LogP contribution in [0, 0.1) is 10.1 Å². The Hall–Kier alpha value is -3.56. The molecular formula is C17H17N5O5. The second kappa shape index (κ2) is 6.63. The quantitative estimate of drug-likeness (QED) is 0.549. The summed E-state index contributed by atoms with van der Waals surface area (Å²) in [5, 5.41) is 17.4. The van der Waals surface area contributed by atoms with E-state index in [1.165, 1.54) is 24.5 Å². The maximum Gasteiger partial charge on any atom is 0.271 e. The van der Waals surface area contributed by atoms with Gasteiger partial charge in [-0.15, -0.1) is 0 Å². The van der Waals surface area contributed by atoms with Gasteiger partial charge >= 0.3 is 0 Å². The highest BCUT2D eigenvalue weighted by Gasteiger charge is 2.20. The van der Waals surface area contributed by atoms with Crippen LogP contribution in [0.25, 0.3) is 10.9 Å². The number of hydrogen-bond acceptors (Lipinski definition) is 7. The monoisotopic (exact) mass is 371 g/mol. The molecule has 1 aromatic carbocycles. The number of fused-ring (bicyclic) bond motifs is 1. The van der Waals surface area contributed by atoms with E-state index in [2.05, 4.69) is 15.5 Å². The van der Waals surface area contributed by atoms with Crippen LogP contribution in [0.15, 0.2) is 39.9 Å². The Bertz CT molecular complexity index is 1090. The van der Waals surface area contributed by atoms with E-state index in [-0.39, 0.29) is 34.4 Å². The molecule has 0 bridgehead atoms. The lowest BCUT2D eigenvalue weighted by molar-refractivity contribution is -0.384. The number of nitro groups is 1. The first kappa shape index (κ1) is 18.2. The number of anilines is 1. The van der Waals surface area contributed by atoms with Gasteiger partial charge in [0.2, 0.25) is 11.8 Å². The summed E-state index contributed by atoms with van der Waals surface area (Å²) in [7, 11) is 0. The molecule has 140 valence electrons. The highest BCUT2D eigenvalue weighted by molar-refractivity contribution is 5.89. The average molecular weight is 371 g/mol. The van der Waals surface area contributed by atoms with Crippen LogP contribution in [0.2, 0.25) is 0 Å². The smallest absolute Gasteiger partial charge is 0.271 e. The highest BCUT2D eigenvalue weighted by atomic mass is 16.6. The van der Waals surface area contributed by atoms with Gasteiger partial charge in [-0.2, -0.15) is 0 Å². The fourth-order valence-electron chi connectivity index (χ4n) is 2.39. The second-order valence-corrected chi connectivity index (χ2v) is 7.01. The summed E-state index contributed by atoms with van der Waals surface area (Å²) < 4.78 is 6.20. The van der Waals surface area contributed by atoms with Crippen molar-refractivity contribution in [2.24, 2.45) is 0 Å². The van der Waals surface area contributed by atoms with E-state index in [4.69, 9.17) is 4.52 Å². The van der Waals surface area contributed by atoms with Gasteiger partial charge in [0.25, 0.3) is 11.2 Å². The zero-order chi connectivity index (χ0) is 19.8. The van der Waals surface area contributed by atoms with E-state index in [1.54, 1.807) is 6.07 Å². The molecule has 0 radical (unpaired) electrons. The van der Waals surface area contributed by atoms with Gasteiger partial charge < -0.3 is 4.52 Å². The number of nitro benzene ring substituents is 1. The van der Waals surface area contributed by atoms with Gasteiger partial charge in [0.1, 0.15) is 6.54 Å². The third kappa shape index (κ3) is 3.84. The normalized spacial score (nSPS) is 11.5. The molecule has 3 rings (SSSR count). The number of benzene rings is 1. The highest BCUT2D eigenvalue weighted by Crippen LogP contribution is 2.23. The molecule has 3 aromatic rings. The molecule has 2 heterocycles. The van der Waals surface area contributed by atoms with E-state index in [9.17, 15) is 19.7 Å². The number of aromatic nitrogens is 3. The van der Waals surface area contributed by atoms with Crippen molar-refractivity contribution in [1.29, 1.82) is 0 Å². The largest absolute Gasteiger partial charge is 0.338 e. The van der Waals surface area contributed by atoms with Gasteiger partial charge in [-0.3, -0.25) is 29.6 Å². The van der Waals surface area contributed by atoms with Gasteiger partial charge in [0.05, 0.1) is 27.8 Å². The number of carbonyl (C=O) groups excluding carboxylic acids is 1. The number of carbonyl (C=O) groups is 1. The van der Waals surface area contributed by atoms with E-state index < -0.39 is 16.4 Å². The summed E-state index contributed by atoms with van der Waals surface area (Å²) in [4.78, 5) is 38.9. The number of amides is 1. The molecular weight excluding hydrogens is 354 g/mol. The standard InChI is InChI=1S/C17H17N5O5/c1-17(2,3)13-7-15(27-20-13)19-14(23)8-21-9-18-12-6-10(22(25)26)4-5-11(12)16(21)24/h4-7,9H,8H2,1-3H3,(H,19,23). The molecule has 10 nitrogen and oxygen atoms in total. The van der Waals surface area contributed by atoms with Crippen molar-refractivity contribution in [3.8, 4) is 0 Å². The Labute approximate surface area is 153 Å². The zero-order valence-corrected chi connectivity index (χ0v) is 14.9. The van der Waals surface area contributed by atoms with Crippen molar-refractivity contribution in [2.75, 3.05) is 5.32 Å². The van der Waals surface area contributed by atoms with Crippen LogP contribution in [0.3, 0.4) is 0 Å². The molecule has 0 saturated heterocycles.